The second-order valence-electron chi connectivity index (χ2n) is 5.35. The lowest BCUT2D eigenvalue weighted by atomic mass is 9.84. The van der Waals surface area contributed by atoms with E-state index in [9.17, 15) is 5.11 Å². The molecular formula is C14H23BrN2O. The van der Waals surface area contributed by atoms with Crippen LogP contribution < -0.4 is 0 Å². The number of aryl methyl sites for hydroxylation is 2. The molecule has 102 valence electrons. The van der Waals surface area contributed by atoms with Crippen molar-refractivity contribution in [2.75, 3.05) is 0 Å². The molecule has 1 aliphatic carbocycles. The average Bonchev–Trinajstić information content (AvgIpc) is 2.67. The van der Waals surface area contributed by atoms with Crippen molar-refractivity contribution in [3.05, 3.63) is 15.9 Å². The molecule has 1 fully saturated rings. The van der Waals surface area contributed by atoms with Crippen molar-refractivity contribution >= 4 is 15.9 Å². The fourth-order valence-corrected chi connectivity index (χ4v) is 3.70. The molecule has 1 saturated carbocycles. The normalized spacial score (nSPS) is 19.1. The summed E-state index contributed by atoms with van der Waals surface area (Å²) in [7, 11) is 1.97. The minimum absolute atomic E-state index is 0.221. The van der Waals surface area contributed by atoms with Gasteiger partial charge in [0.05, 0.1) is 22.0 Å². The third-order valence-electron chi connectivity index (χ3n) is 4.10. The highest BCUT2D eigenvalue weighted by molar-refractivity contribution is 9.10. The fourth-order valence-electron chi connectivity index (χ4n) is 2.93. The summed E-state index contributed by atoms with van der Waals surface area (Å²) in [5, 5.41) is 14.9. The van der Waals surface area contributed by atoms with E-state index in [1.807, 2.05) is 11.7 Å². The lowest BCUT2D eigenvalue weighted by Gasteiger charge is -2.26. The molecule has 0 aromatic carbocycles. The number of aromatic nitrogens is 2. The van der Waals surface area contributed by atoms with Crippen molar-refractivity contribution in [3.8, 4) is 0 Å². The molecule has 0 saturated heterocycles. The van der Waals surface area contributed by atoms with E-state index >= 15 is 0 Å². The molecule has 18 heavy (non-hydrogen) atoms. The molecule has 4 heteroatoms. The van der Waals surface area contributed by atoms with Crippen LogP contribution in [0.1, 0.15) is 50.4 Å². The van der Waals surface area contributed by atoms with Crippen molar-refractivity contribution in [2.24, 2.45) is 13.0 Å². The van der Waals surface area contributed by atoms with Gasteiger partial charge < -0.3 is 5.11 Å². The highest BCUT2D eigenvalue weighted by atomic mass is 79.9. The summed E-state index contributed by atoms with van der Waals surface area (Å²) in [6, 6.07) is 0. The lowest BCUT2D eigenvalue weighted by Crippen LogP contribution is -2.26. The summed E-state index contributed by atoms with van der Waals surface area (Å²) in [5.41, 5.74) is 2.22. The van der Waals surface area contributed by atoms with Crippen LogP contribution >= 0.6 is 15.9 Å². The molecule has 0 spiro atoms. The van der Waals surface area contributed by atoms with Crippen molar-refractivity contribution in [1.29, 1.82) is 0 Å². The van der Waals surface area contributed by atoms with Gasteiger partial charge in [0.1, 0.15) is 0 Å². The summed E-state index contributed by atoms with van der Waals surface area (Å²) < 4.78 is 3.00. The highest BCUT2D eigenvalue weighted by Gasteiger charge is 2.24. The Balaban J connectivity index is 2.06. The van der Waals surface area contributed by atoms with E-state index in [0.29, 0.717) is 5.92 Å². The zero-order valence-corrected chi connectivity index (χ0v) is 12.9. The van der Waals surface area contributed by atoms with Gasteiger partial charge in [-0.3, -0.25) is 4.68 Å². The fraction of sp³-hybridized carbons (Fsp3) is 0.786. The Labute approximate surface area is 118 Å². The molecule has 0 aliphatic heterocycles. The van der Waals surface area contributed by atoms with Crippen LogP contribution in [-0.2, 0) is 19.9 Å². The first-order valence-corrected chi connectivity index (χ1v) is 7.81. The van der Waals surface area contributed by atoms with Gasteiger partial charge in [-0.2, -0.15) is 5.10 Å². The molecular weight excluding hydrogens is 292 g/mol. The van der Waals surface area contributed by atoms with Crippen LogP contribution in [0.15, 0.2) is 4.47 Å². The monoisotopic (exact) mass is 314 g/mol. The summed E-state index contributed by atoms with van der Waals surface area (Å²) in [6.07, 6.45) is 7.65. The molecule has 0 amide bonds. The van der Waals surface area contributed by atoms with E-state index in [1.165, 1.54) is 32.1 Å². The number of nitrogens with zero attached hydrogens (tertiary/aromatic N) is 2. The SMILES string of the molecule is CCc1nn(C)c(CC(O)C2CCCCC2)c1Br. The number of aliphatic hydroxyl groups excluding tert-OH is 1. The van der Waals surface area contributed by atoms with Gasteiger partial charge in [-0.25, -0.2) is 0 Å². The van der Waals surface area contributed by atoms with Crippen LogP contribution in [0, 0.1) is 5.92 Å². The Morgan fingerprint density at radius 2 is 2.06 bits per heavy atom. The smallest absolute Gasteiger partial charge is 0.0766 e. The van der Waals surface area contributed by atoms with E-state index in [1.54, 1.807) is 0 Å². The molecule has 2 rings (SSSR count). The predicted molar refractivity (Wildman–Crippen MR) is 76.6 cm³/mol. The summed E-state index contributed by atoms with van der Waals surface area (Å²) in [6.45, 7) is 2.11. The van der Waals surface area contributed by atoms with Crippen molar-refractivity contribution in [2.45, 2.75) is 58.0 Å². The maximum atomic E-state index is 10.4. The largest absolute Gasteiger partial charge is 0.392 e. The molecule has 1 aromatic rings. The second-order valence-corrected chi connectivity index (χ2v) is 6.15. The van der Waals surface area contributed by atoms with Crippen LogP contribution in [-0.4, -0.2) is 21.0 Å². The summed E-state index contributed by atoms with van der Waals surface area (Å²) in [5.74, 6) is 0.477. The van der Waals surface area contributed by atoms with Crippen LogP contribution in [0.25, 0.3) is 0 Å². The first-order valence-electron chi connectivity index (χ1n) is 7.01. The third kappa shape index (κ3) is 2.97. The molecule has 0 bridgehead atoms. The van der Waals surface area contributed by atoms with E-state index in [-0.39, 0.29) is 6.10 Å². The first-order chi connectivity index (χ1) is 8.63. The van der Waals surface area contributed by atoms with Crippen LogP contribution in [0.3, 0.4) is 0 Å². The molecule has 0 radical (unpaired) electrons. The van der Waals surface area contributed by atoms with E-state index in [4.69, 9.17) is 0 Å². The predicted octanol–water partition coefficient (Wildman–Crippen LogP) is 3.23. The van der Waals surface area contributed by atoms with Gasteiger partial charge in [0, 0.05) is 13.5 Å². The maximum Gasteiger partial charge on any atom is 0.0766 e. The molecule has 1 aliphatic rings. The van der Waals surface area contributed by atoms with E-state index in [0.717, 1.165) is 28.7 Å². The Hall–Kier alpha value is -0.350. The van der Waals surface area contributed by atoms with E-state index < -0.39 is 0 Å². The number of hydrogen-bond acceptors (Lipinski definition) is 2. The molecule has 1 unspecified atom stereocenters. The molecule has 3 nitrogen and oxygen atoms in total. The quantitative estimate of drug-likeness (QED) is 0.926. The third-order valence-corrected chi connectivity index (χ3v) is 5.01. The van der Waals surface area contributed by atoms with Crippen molar-refractivity contribution in [3.63, 3.8) is 0 Å². The second kappa shape index (κ2) is 6.20. The van der Waals surface area contributed by atoms with Gasteiger partial charge in [0.25, 0.3) is 0 Å². The summed E-state index contributed by atoms with van der Waals surface area (Å²) in [4.78, 5) is 0. The number of aliphatic hydroxyl groups is 1. The van der Waals surface area contributed by atoms with Gasteiger partial charge in [0.15, 0.2) is 0 Å². The summed E-state index contributed by atoms with van der Waals surface area (Å²) >= 11 is 3.62. The average molecular weight is 315 g/mol. The van der Waals surface area contributed by atoms with Crippen LogP contribution in [0.4, 0.5) is 0 Å². The van der Waals surface area contributed by atoms with Gasteiger partial charge >= 0.3 is 0 Å². The molecule has 1 N–H and O–H groups in total. The topological polar surface area (TPSA) is 38.0 Å². The molecule has 1 atom stereocenters. The standard InChI is InChI=1S/C14H23BrN2O/c1-3-11-14(15)12(17(2)16-11)9-13(18)10-7-5-4-6-8-10/h10,13,18H,3-9H2,1-2H3. The Morgan fingerprint density at radius 3 is 2.61 bits per heavy atom. The number of hydrogen-bond donors (Lipinski definition) is 1. The minimum atomic E-state index is -0.221. The van der Waals surface area contributed by atoms with Gasteiger partial charge in [0.2, 0.25) is 0 Å². The maximum absolute atomic E-state index is 10.4. The van der Waals surface area contributed by atoms with Gasteiger partial charge in [-0.1, -0.05) is 26.2 Å². The van der Waals surface area contributed by atoms with Crippen LogP contribution in [0.5, 0.6) is 0 Å². The minimum Gasteiger partial charge on any atom is -0.392 e. The van der Waals surface area contributed by atoms with Gasteiger partial charge in [-0.15, -0.1) is 0 Å². The van der Waals surface area contributed by atoms with Crippen molar-refractivity contribution in [1.82, 2.24) is 9.78 Å². The van der Waals surface area contributed by atoms with Crippen molar-refractivity contribution < 1.29 is 5.11 Å². The Bertz CT molecular complexity index is 397. The Kier molecular flexibility index (Phi) is 4.84. The zero-order valence-electron chi connectivity index (χ0n) is 11.3. The first kappa shape index (κ1) is 14.1. The highest BCUT2D eigenvalue weighted by Crippen LogP contribution is 2.30. The number of rotatable bonds is 4. The van der Waals surface area contributed by atoms with Crippen LogP contribution in [0.2, 0.25) is 0 Å². The van der Waals surface area contributed by atoms with E-state index in [2.05, 4.69) is 28.0 Å². The molecule has 1 aromatic heterocycles. The Morgan fingerprint density at radius 1 is 1.39 bits per heavy atom. The molecule has 1 heterocycles. The lowest BCUT2D eigenvalue weighted by molar-refractivity contribution is 0.0833. The van der Waals surface area contributed by atoms with Gasteiger partial charge in [-0.05, 0) is 41.1 Å². The zero-order chi connectivity index (χ0) is 13.1. The number of halogens is 1.